The molecule has 0 N–H and O–H groups in total. The molecular formula is C19H33N3O2. The van der Waals surface area contributed by atoms with Crippen molar-refractivity contribution in [3.8, 4) is 0 Å². The largest absolute Gasteiger partial charge is 0.345 e. The Labute approximate surface area is 146 Å². The van der Waals surface area contributed by atoms with E-state index in [1.165, 1.54) is 32.1 Å². The van der Waals surface area contributed by atoms with Crippen LogP contribution < -0.4 is 0 Å². The van der Waals surface area contributed by atoms with Gasteiger partial charge < -0.3 is 9.80 Å². The maximum absolute atomic E-state index is 12.9. The number of piperazine rings is 1. The van der Waals surface area contributed by atoms with Crippen LogP contribution in [0, 0.1) is 11.8 Å². The Balaban J connectivity index is 1.61. The van der Waals surface area contributed by atoms with Gasteiger partial charge in [0.05, 0.1) is 6.04 Å². The molecule has 3 aliphatic rings. The Bertz CT molecular complexity index is 450. The number of rotatable bonds is 5. The minimum absolute atomic E-state index is 0.0263. The summed E-state index contributed by atoms with van der Waals surface area (Å²) < 4.78 is 0. The lowest BCUT2D eigenvalue weighted by Crippen LogP contribution is -2.58. The third-order valence-corrected chi connectivity index (χ3v) is 6.42. The number of amides is 2. The van der Waals surface area contributed by atoms with Gasteiger partial charge in [0, 0.05) is 45.7 Å². The molecule has 0 aromatic rings. The molecule has 5 nitrogen and oxygen atoms in total. The summed E-state index contributed by atoms with van der Waals surface area (Å²) in [6.45, 7) is 6.09. The van der Waals surface area contributed by atoms with Crippen LogP contribution in [0.1, 0.15) is 51.9 Å². The van der Waals surface area contributed by atoms with Crippen LogP contribution in [-0.2, 0) is 9.59 Å². The third kappa shape index (κ3) is 3.61. The second kappa shape index (κ2) is 7.85. The SMILES string of the molecule is CCN(C)C(=O)C(C1CCCC1)N1CCN(C(=O)C2CCC2)CC1. The molecule has 3 rings (SSSR count). The topological polar surface area (TPSA) is 43.9 Å². The summed E-state index contributed by atoms with van der Waals surface area (Å²) in [6, 6.07) is 0.0263. The molecule has 2 saturated carbocycles. The molecule has 0 aromatic carbocycles. The number of hydrogen-bond acceptors (Lipinski definition) is 3. The smallest absolute Gasteiger partial charge is 0.239 e. The van der Waals surface area contributed by atoms with Crippen molar-refractivity contribution in [2.24, 2.45) is 11.8 Å². The highest BCUT2D eigenvalue weighted by Crippen LogP contribution is 2.32. The summed E-state index contributed by atoms with van der Waals surface area (Å²) in [4.78, 5) is 31.7. The summed E-state index contributed by atoms with van der Waals surface area (Å²) in [7, 11) is 1.92. The predicted octanol–water partition coefficient (Wildman–Crippen LogP) is 1.97. The Morgan fingerprint density at radius 2 is 1.62 bits per heavy atom. The van der Waals surface area contributed by atoms with Gasteiger partial charge in [-0.1, -0.05) is 19.3 Å². The van der Waals surface area contributed by atoms with Gasteiger partial charge in [-0.15, -0.1) is 0 Å². The van der Waals surface area contributed by atoms with Crippen LogP contribution in [0.4, 0.5) is 0 Å². The van der Waals surface area contributed by atoms with Crippen LogP contribution in [0.15, 0.2) is 0 Å². The fourth-order valence-electron chi connectivity index (χ4n) is 4.44. The minimum atomic E-state index is 0.0263. The Kier molecular flexibility index (Phi) is 5.80. The molecule has 3 fully saturated rings. The van der Waals surface area contributed by atoms with Gasteiger partial charge >= 0.3 is 0 Å². The maximum atomic E-state index is 12.9. The second-order valence-corrected chi connectivity index (χ2v) is 7.83. The minimum Gasteiger partial charge on any atom is -0.345 e. The van der Waals surface area contributed by atoms with Crippen molar-refractivity contribution in [2.75, 3.05) is 39.8 Å². The molecule has 136 valence electrons. The van der Waals surface area contributed by atoms with Crippen molar-refractivity contribution in [1.29, 1.82) is 0 Å². The second-order valence-electron chi connectivity index (χ2n) is 7.83. The van der Waals surface area contributed by atoms with Crippen LogP contribution in [0.2, 0.25) is 0 Å². The highest BCUT2D eigenvalue weighted by atomic mass is 16.2. The van der Waals surface area contributed by atoms with E-state index in [1.54, 1.807) is 0 Å². The molecule has 1 aliphatic heterocycles. The highest BCUT2D eigenvalue weighted by Gasteiger charge is 2.39. The molecule has 0 bridgehead atoms. The molecule has 0 spiro atoms. The van der Waals surface area contributed by atoms with Crippen molar-refractivity contribution in [1.82, 2.24) is 14.7 Å². The van der Waals surface area contributed by atoms with Crippen molar-refractivity contribution in [3.63, 3.8) is 0 Å². The average molecular weight is 335 g/mol. The molecule has 1 heterocycles. The highest BCUT2D eigenvalue weighted by molar-refractivity contribution is 5.82. The fourth-order valence-corrected chi connectivity index (χ4v) is 4.44. The molecule has 1 saturated heterocycles. The van der Waals surface area contributed by atoms with E-state index in [0.29, 0.717) is 11.8 Å². The summed E-state index contributed by atoms with van der Waals surface area (Å²) in [5.41, 5.74) is 0. The first-order valence-electron chi connectivity index (χ1n) is 9.89. The first-order chi connectivity index (χ1) is 11.6. The molecule has 0 aromatic heterocycles. The Hall–Kier alpha value is -1.10. The Morgan fingerprint density at radius 1 is 1.00 bits per heavy atom. The average Bonchev–Trinajstić information content (AvgIpc) is 3.07. The molecule has 2 amide bonds. The van der Waals surface area contributed by atoms with Crippen LogP contribution in [0.3, 0.4) is 0 Å². The van der Waals surface area contributed by atoms with Gasteiger partial charge in [0.2, 0.25) is 11.8 Å². The van der Waals surface area contributed by atoms with E-state index in [4.69, 9.17) is 0 Å². The number of hydrogen-bond donors (Lipinski definition) is 0. The van der Waals surface area contributed by atoms with Gasteiger partial charge in [0.15, 0.2) is 0 Å². The van der Waals surface area contributed by atoms with Gasteiger partial charge in [-0.2, -0.15) is 0 Å². The monoisotopic (exact) mass is 335 g/mol. The number of likely N-dealkylation sites (N-methyl/N-ethyl adjacent to an activating group) is 1. The molecular weight excluding hydrogens is 302 g/mol. The van der Waals surface area contributed by atoms with Crippen LogP contribution in [0.5, 0.6) is 0 Å². The van der Waals surface area contributed by atoms with Crippen molar-refractivity contribution >= 4 is 11.8 Å². The number of carbonyl (C=O) groups excluding carboxylic acids is 2. The number of nitrogens with zero attached hydrogens (tertiary/aromatic N) is 3. The van der Waals surface area contributed by atoms with Crippen LogP contribution in [0.25, 0.3) is 0 Å². The van der Waals surface area contributed by atoms with E-state index in [2.05, 4.69) is 4.90 Å². The summed E-state index contributed by atoms with van der Waals surface area (Å²) in [6.07, 6.45) is 8.21. The Morgan fingerprint density at radius 3 is 2.12 bits per heavy atom. The zero-order chi connectivity index (χ0) is 17.1. The lowest BCUT2D eigenvalue weighted by atomic mass is 9.84. The maximum Gasteiger partial charge on any atom is 0.239 e. The van der Waals surface area contributed by atoms with Gasteiger partial charge in [0.1, 0.15) is 0 Å². The summed E-state index contributed by atoms with van der Waals surface area (Å²) in [5.74, 6) is 1.42. The van der Waals surface area contributed by atoms with Crippen LogP contribution in [-0.4, -0.2) is 72.3 Å². The standard InChI is InChI=1S/C19H33N3O2/c1-3-20(2)19(24)17(15-7-4-5-8-15)21-11-13-22(14-12-21)18(23)16-9-6-10-16/h15-17H,3-14H2,1-2H3. The first-order valence-corrected chi connectivity index (χ1v) is 9.89. The van der Waals surface area contributed by atoms with E-state index >= 15 is 0 Å². The van der Waals surface area contributed by atoms with Crippen molar-refractivity contribution in [3.05, 3.63) is 0 Å². The molecule has 2 aliphatic carbocycles. The van der Waals surface area contributed by atoms with Crippen molar-refractivity contribution < 1.29 is 9.59 Å². The summed E-state index contributed by atoms with van der Waals surface area (Å²) >= 11 is 0. The zero-order valence-electron chi connectivity index (χ0n) is 15.4. The van der Waals surface area contributed by atoms with E-state index in [1.807, 2.05) is 23.8 Å². The first kappa shape index (κ1) is 17.7. The van der Waals surface area contributed by atoms with E-state index in [-0.39, 0.29) is 17.9 Å². The molecule has 0 radical (unpaired) electrons. The van der Waals surface area contributed by atoms with E-state index in [0.717, 1.165) is 45.6 Å². The zero-order valence-corrected chi connectivity index (χ0v) is 15.4. The van der Waals surface area contributed by atoms with Crippen molar-refractivity contribution in [2.45, 2.75) is 57.9 Å². The third-order valence-electron chi connectivity index (χ3n) is 6.42. The number of carbonyl (C=O) groups is 2. The molecule has 5 heteroatoms. The molecule has 1 atom stereocenters. The van der Waals surface area contributed by atoms with Gasteiger partial charge in [-0.05, 0) is 38.5 Å². The quantitative estimate of drug-likeness (QED) is 0.771. The van der Waals surface area contributed by atoms with Gasteiger partial charge in [0.25, 0.3) is 0 Å². The van der Waals surface area contributed by atoms with Gasteiger partial charge in [-0.25, -0.2) is 0 Å². The van der Waals surface area contributed by atoms with E-state index < -0.39 is 0 Å². The fraction of sp³-hybridized carbons (Fsp3) is 0.895. The molecule has 24 heavy (non-hydrogen) atoms. The lowest BCUT2D eigenvalue weighted by molar-refractivity contribution is -0.143. The lowest BCUT2D eigenvalue weighted by Gasteiger charge is -2.43. The van der Waals surface area contributed by atoms with Gasteiger partial charge in [-0.3, -0.25) is 14.5 Å². The molecule has 1 unspecified atom stereocenters. The van der Waals surface area contributed by atoms with Crippen LogP contribution >= 0.6 is 0 Å². The normalized spacial score (nSPS) is 24.7. The summed E-state index contributed by atoms with van der Waals surface area (Å²) in [5, 5.41) is 0. The van der Waals surface area contributed by atoms with E-state index in [9.17, 15) is 9.59 Å². The predicted molar refractivity (Wildman–Crippen MR) is 94.6 cm³/mol.